The molecule has 3 rings (SSSR count). The summed E-state index contributed by atoms with van der Waals surface area (Å²) in [6.45, 7) is 2.05. The lowest BCUT2D eigenvalue weighted by Crippen LogP contribution is -1.91. The van der Waals surface area contributed by atoms with E-state index >= 15 is 0 Å². The van der Waals surface area contributed by atoms with Gasteiger partial charge in [-0.2, -0.15) is 4.98 Å². The molecule has 1 heterocycles. The first-order valence-corrected chi connectivity index (χ1v) is 6.93. The molecule has 106 valence electrons. The van der Waals surface area contributed by atoms with Gasteiger partial charge in [0.25, 0.3) is 5.89 Å². The zero-order valence-corrected chi connectivity index (χ0v) is 12.3. The molecule has 1 aromatic heterocycles. The van der Waals surface area contributed by atoms with Crippen LogP contribution in [-0.2, 0) is 6.42 Å². The Morgan fingerprint density at radius 1 is 1.14 bits per heavy atom. The molecule has 2 aromatic carbocycles. The molecule has 0 radical (unpaired) electrons. The molecule has 0 bridgehead atoms. The summed E-state index contributed by atoms with van der Waals surface area (Å²) in [5.41, 5.74) is 9.37. The number of rotatable bonds is 3. The predicted molar refractivity (Wildman–Crippen MR) is 83.1 cm³/mol. The fourth-order valence-corrected chi connectivity index (χ4v) is 2.23. The average Bonchev–Trinajstić information content (AvgIpc) is 2.92. The SMILES string of the molecule is Cc1ccc(Cc2noc(-c3cc(N)ccc3Cl)n2)cc1. The fourth-order valence-electron chi connectivity index (χ4n) is 2.03. The molecular formula is C16H14ClN3O. The van der Waals surface area contributed by atoms with E-state index in [9.17, 15) is 0 Å². The highest BCUT2D eigenvalue weighted by atomic mass is 35.5. The smallest absolute Gasteiger partial charge is 0.259 e. The maximum Gasteiger partial charge on any atom is 0.259 e. The molecule has 5 heteroatoms. The molecule has 0 fully saturated rings. The van der Waals surface area contributed by atoms with Gasteiger partial charge >= 0.3 is 0 Å². The van der Waals surface area contributed by atoms with Crippen LogP contribution in [-0.4, -0.2) is 10.1 Å². The summed E-state index contributed by atoms with van der Waals surface area (Å²) < 4.78 is 5.28. The van der Waals surface area contributed by atoms with Crippen molar-refractivity contribution in [2.75, 3.05) is 5.73 Å². The number of nitrogens with two attached hydrogens (primary N) is 1. The number of nitrogens with zero attached hydrogens (tertiary/aromatic N) is 2. The number of benzene rings is 2. The third-order valence-electron chi connectivity index (χ3n) is 3.17. The van der Waals surface area contributed by atoms with Gasteiger partial charge in [0.1, 0.15) is 0 Å². The van der Waals surface area contributed by atoms with Crippen LogP contribution in [0.2, 0.25) is 5.02 Å². The van der Waals surface area contributed by atoms with Gasteiger partial charge in [0.2, 0.25) is 0 Å². The van der Waals surface area contributed by atoms with Crippen LogP contribution in [0.5, 0.6) is 0 Å². The first-order valence-electron chi connectivity index (χ1n) is 6.55. The highest BCUT2D eigenvalue weighted by Crippen LogP contribution is 2.28. The standard InChI is InChI=1S/C16H14ClN3O/c1-10-2-4-11(5-3-10)8-15-19-16(21-20-15)13-9-12(18)6-7-14(13)17/h2-7,9H,8,18H2,1H3. The minimum atomic E-state index is 0.384. The van der Waals surface area contributed by atoms with E-state index in [1.165, 1.54) is 5.56 Å². The van der Waals surface area contributed by atoms with Crippen molar-refractivity contribution in [1.82, 2.24) is 10.1 Å². The number of anilines is 1. The Bertz CT molecular complexity index is 765. The molecule has 2 N–H and O–H groups in total. The maximum absolute atomic E-state index is 6.13. The largest absolute Gasteiger partial charge is 0.399 e. The van der Waals surface area contributed by atoms with Crippen LogP contribution in [0, 0.1) is 6.92 Å². The molecule has 0 saturated carbocycles. The summed E-state index contributed by atoms with van der Waals surface area (Å²) in [5, 5.41) is 4.53. The van der Waals surface area contributed by atoms with Crippen molar-refractivity contribution >= 4 is 17.3 Å². The maximum atomic E-state index is 6.13. The Labute approximate surface area is 127 Å². The molecule has 0 atom stereocenters. The second kappa shape index (κ2) is 5.58. The van der Waals surface area contributed by atoms with Crippen LogP contribution in [0.4, 0.5) is 5.69 Å². The first kappa shape index (κ1) is 13.6. The molecule has 3 aromatic rings. The first-order chi connectivity index (χ1) is 10.1. The lowest BCUT2D eigenvalue weighted by atomic mass is 10.1. The second-order valence-electron chi connectivity index (χ2n) is 4.92. The van der Waals surface area contributed by atoms with E-state index in [0.717, 1.165) is 5.56 Å². The number of nitrogen functional groups attached to an aromatic ring is 1. The van der Waals surface area contributed by atoms with E-state index in [2.05, 4.69) is 41.3 Å². The van der Waals surface area contributed by atoms with Crippen LogP contribution in [0.25, 0.3) is 11.5 Å². The van der Waals surface area contributed by atoms with Crippen molar-refractivity contribution in [2.45, 2.75) is 13.3 Å². The molecule has 0 aliphatic carbocycles. The van der Waals surface area contributed by atoms with Gasteiger partial charge in [-0.1, -0.05) is 46.6 Å². The van der Waals surface area contributed by atoms with Crippen LogP contribution in [0.1, 0.15) is 17.0 Å². The second-order valence-corrected chi connectivity index (χ2v) is 5.32. The highest BCUT2D eigenvalue weighted by Gasteiger charge is 2.13. The quantitative estimate of drug-likeness (QED) is 0.746. The van der Waals surface area contributed by atoms with E-state index in [4.69, 9.17) is 21.9 Å². The van der Waals surface area contributed by atoms with Crippen molar-refractivity contribution in [3.05, 3.63) is 64.4 Å². The van der Waals surface area contributed by atoms with E-state index in [1.807, 2.05) is 0 Å². The van der Waals surface area contributed by atoms with Crippen molar-refractivity contribution in [3.63, 3.8) is 0 Å². The minimum Gasteiger partial charge on any atom is -0.399 e. The van der Waals surface area contributed by atoms with Crippen LogP contribution < -0.4 is 5.73 Å². The number of hydrogen-bond donors (Lipinski definition) is 1. The molecular weight excluding hydrogens is 286 g/mol. The summed E-state index contributed by atoms with van der Waals surface area (Å²) >= 11 is 6.13. The topological polar surface area (TPSA) is 64.9 Å². The average molecular weight is 300 g/mol. The molecule has 0 amide bonds. The molecule has 0 aliphatic rings. The summed E-state index contributed by atoms with van der Waals surface area (Å²) in [6.07, 6.45) is 0.615. The number of aryl methyl sites for hydroxylation is 1. The Morgan fingerprint density at radius 2 is 1.90 bits per heavy atom. The summed E-state index contributed by atoms with van der Waals surface area (Å²) in [7, 11) is 0. The van der Waals surface area contributed by atoms with Gasteiger partial charge in [-0.25, -0.2) is 0 Å². The van der Waals surface area contributed by atoms with E-state index in [-0.39, 0.29) is 0 Å². The van der Waals surface area contributed by atoms with Crippen LogP contribution >= 0.6 is 11.6 Å². The zero-order chi connectivity index (χ0) is 14.8. The molecule has 0 saturated heterocycles. The highest BCUT2D eigenvalue weighted by molar-refractivity contribution is 6.33. The van der Waals surface area contributed by atoms with Crippen molar-refractivity contribution in [3.8, 4) is 11.5 Å². The third kappa shape index (κ3) is 3.06. The van der Waals surface area contributed by atoms with Gasteiger partial charge in [-0.3, -0.25) is 0 Å². The molecule has 4 nitrogen and oxygen atoms in total. The van der Waals surface area contributed by atoms with Gasteiger partial charge in [-0.05, 0) is 30.7 Å². The Balaban J connectivity index is 1.86. The summed E-state index contributed by atoms with van der Waals surface area (Å²) in [6, 6.07) is 13.4. The monoisotopic (exact) mass is 299 g/mol. The Hall–Kier alpha value is -2.33. The van der Waals surface area contributed by atoms with E-state index < -0.39 is 0 Å². The van der Waals surface area contributed by atoms with Crippen LogP contribution in [0.15, 0.2) is 47.0 Å². The van der Waals surface area contributed by atoms with Gasteiger partial charge < -0.3 is 10.3 Å². The Morgan fingerprint density at radius 3 is 2.67 bits per heavy atom. The molecule has 0 aliphatic heterocycles. The number of aromatic nitrogens is 2. The number of halogens is 1. The number of hydrogen-bond acceptors (Lipinski definition) is 4. The fraction of sp³-hybridized carbons (Fsp3) is 0.125. The predicted octanol–water partition coefficient (Wildman–Crippen LogP) is 3.87. The summed E-state index contributed by atoms with van der Waals surface area (Å²) in [5.74, 6) is 1.00. The molecule has 0 spiro atoms. The van der Waals surface area contributed by atoms with Crippen LogP contribution in [0.3, 0.4) is 0 Å². The minimum absolute atomic E-state index is 0.384. The molecule has 0 unspecified atom stereocenters. The van der Waals surface area contributed by atoms with Gasteiger partial charge in [0.05, 0.1) is 10.6 Å². The van der Waals surface area contributed by atoms with E-state index in [1.54, 1.807) is 18.2 Å². The lowest BCUT2D eigenvalue weighted by Gasteiger charge is -1.99. The van der Waals surface area contributed by atoms with Gasteiger partial charge in [-0.15, -0.1) is 0 Å². The van der Waals surface area contributed by atoms with Crippen molar-refractivity contribution in [2.24, 2.45) is 0 Å². The van der Waals surface area contributed by atoms with Crippen molar-refractivity contribution in [1.29, 1.82) is 0 Å². The Kier molecular flexibility index (Phi) is 3.62. The van der Waals surface area contributed by atoms with Gasteiger partial charge in [0.15, 0.2) is 5.82 Å². The summed E-state index contributed by atoms with van der Waals surface area (Å²) in [4.78, 5) is 4.38. The normalized spacial score (nSPS) is 10.8. The zero-order valence-electron chi connectivity index (χ0n) is 11.5. The lowest BCUT2D eigenvalue weighted by molar-refractivity contribution is 0.424. The third-order valence-corrected chi connectivity index (χ3v) is 3.50. The molecule has 21 heavy (non-hydrogen) atoms. The van der Waals surface area contributed by atoms with Gasteiger partial charge in [0, 0.05) is 12.1 Å². The van der Waals surface area contributed by atoms with E-state index in [0.29, 0.717) is 34.4 Å². The van der Waals surface area contributed by atoms with Crippen molar-refractivity contribution < 1.29 is 4.52 Å².